The van der Waals surface area contributed by atoms with Crippen molar-refractivity contribution in [1.82, 2.24) is 10.6 Å². The molecule has 1 aromatic rings. The predicted molar refractivity (Wildman–Crippen MR) is 86.2 cm³/mol. The molecule has 5 nitrogen and oxygen atoms in total. The fourth-order valence-electron chi connectivity index (χ4n) is 1.61. The average Bonchev–Trinajstić information content (AvgIpc) is 2.43. The minimum absolute atomic E-state index is 0. The van der Waals surface area contributed by atoms with E-state index in [0.717, 1.165) is 11.1 Å². The maximum atomic E-state index is 11.9. The van der Waals surface area contributed by atoms with Crippen molar-refractivity contribution in [2.24, 2.45) is 11.7 Å². The van der Waals surface area contributed by atoms with E-state index < -0.39 is 6.04 Å². The van der Waals surface area contributed by atoms with E-state index in [1.807, 2.05) is 45.0 Å². The van der Waals surface area contributed by atoms with Crippen molar-refractivity contribution >= 4 is 24.2 Å². The first-order valence-electron chi connectivity index (χ1n) is 6.79. The highest BCUT2D eigenvalue weighted by atomic mass is 35.5. The van der Waals surface area contributed by atoms with Gasteiger partial charge in [-0.3, -0.25) is 9.59 Å². The van der Waals surface area contributed by atoms with Crippen molar-refractivity contribution in [3.05, 3.63) is 35.4 Å². The molecule has 0 heterocycles. The number of hydrogen-bond donors (Lipinski definition) is 3. The Labute approximate surface area is 132 Å². The van der Waals surface area contributed by atoms with Crippen molar-refractivity contribution in [3.8, 4) is 0 Å². The lowest BCUT2D eigenvalue weighted by molar-refractivity contribution is -0.125. The van der Waals surface area contributed by atoms with E-state index in [9.17, 15) is 9.59 Å². The Kier molecular flexibility index (Phi) is 8.66. The Balaban J connectivity index is 0.00000400. The molecule has 21 heavy (non-hydrogen) atoms. The molecule has 0 aliphatic carbocycles. The van der Waals surface area contributed by atoms with Gasteiger partial charge in [0.25, 0.3) is 0 Å². The molecule has 2 amide bonds. The molecule has 1 aromatic carbocycles. The van der Waals surface area contributed by atoms with Gasteiger partial charge in [0.2, 0.25) is 11.8 Å². The molecule has 1 unspecified atom stereocenters. The summed E-state index contributed by atoms with van der Waals surface area (Å²) < 4.78 is 0. The lowest BCUT2D eigenvalue weighted by Gasteiger charge is -2.13. The third-order valence-corrected chi connectivity index (χ3v) is 2.97. The van der Waals surface area contributed by atoms with Gasteiger partial charge in [0.1, 0.15) is 6.04 Å². The Bertz CT molecular complexity index is 460. The predicted octanol–water partition coefficient (Wildman–Crippen LogP) is 1.31. The summed E-state index contributed by atoms with van der Waals surface area (Å²) in [5, 5.41) is 5.44. The summed E-state index contributed by atoms with van der Waals surface area (Å²) in [6, 6.07) is 6.85. The number of halogens is 1. The van der Waals surface area contributed by atoms with Crippen LogP contribution in [-0.4, -0.2) is 24.9 Å². The maximum Gasteiger partial charge on any atom is 0.241 e. The second-order valence-electron chi connectivity index (χ2n) is 5.13. The zero-order valence-electron chi connectivity index (χ0n) is 12.7. The molecule has 0 spiro atoms. The topological polar surface area (TPSA) is 84.2 Å². The van der Waals surface area contributed by atoms with Crippen molar-refractivity contribution in [2.45, 2.75) is 26.8 Å². The monoisotopic (exact) mass is 313 g/mol. The zero-order valence-corrected chi connectivity index (χ0v) is 13.5. The van der Waals surface area contributed by atoms with Gasteiger partial charge in [0.15, 0.2) is 0 Å². The Hall–Kier alpha value is -1.59. The number of benzene rings is 1. The molecule has 0 saturated heterocycles. The van der Waals surface area contributed by atoms with Crippen LogP contribution < -0.4 is 16.4 Å². The van der Waals surface area contributed by atoms with Crippen LogP contribution in [0.3, 0.4) is 0 Å². The molecule has 1 atom stereocenters. The number of nitrogens with one attached hydrogen (secondary N) is 2. The van der Waals surface area contributed by atoms with Crippen LogP contribution in [0.25, 0.3) is 0 Å². The number of hydrogen-bond acceptors (Lipinski definition) is 3. The van der Waals surface area contributed by atoms with Crippen LogP contribution in [0.5, 0.6) is 0 Å². The lowest BCUT2D eigenvalue weighted by atomic mass is 10.1. The minimum Gasteiger partial charge on any atom is -0.354 e. The first-order chi connectivity index (χ1) is 9.41. The minimum atomic E-state index is -0.684. The smallest absolute Gasteiger partial charge is 0.241 e. The molecular weight excluding hydrogens is 290 g/mol. The van der Waals surface area contributed by atoms with Gasteiger partial charge in [0, 0.05) is 19.0 Å². The van der Waals surface area contributed by atoms with Crippen LogP contribution in [0.4, 0.5) is 0 Å². The van der Waals surface area contributed by atoms with E-state index in [-0.39, 0.29) is 30.1 Å². The van der Waals surface area contributed by atoms with Crippen LogP contribution in [0, 0.1) is 12.8 Å². The summed E-state index contributed by atoms with van der Waals surface area (Å²) in [5.74, 6) is -0.324. The maximum absolute atomic E-state index is 11.9. The van der Waals surface area contributed by atoms with Crippen molar-refractivity contribution < 1.29 is 9.59 Å². The van der Waals surface area contributed by atoms with Crippen molar-refractivity contribution in [2.75, 3.05) is 13.1 Å². The standard InChI is InChI=1S/C15H23N3O2.ClH/c1-10(2)14(19)17-8-9-18-15(20)13(16)12-6-4-11(3)5-7-12;/h4-7,10,13H,8-9,16H2,1-3H3,(H,17,19)(H,18,20);1H. The Morgan fingerprint density at radius 1 is 1.05 bits per heavy atom. The second kappa shape index (κ2) is 9.37. The molecule has 0 saturated carbocycles. The summed E-state index contributed by atoms with van der Waals surface area (Å²) in [6.07, 6.45) is 0. The molecule has 4 N–H and O–H groups in total. The fraction of sp³-hybridized carbons (Fsp3) is 0.467. The van der Waals surface area contributed by atoms with Gasteiger partial charge in [-0.1, -0.05) is 43.7 Å². The van der Waals surface area contributed by atoms with Crippen LogP contribution in [-0.2, 0) is 9.59 Å². The van der Waals surface area contributed by atoms with Gasteiger partial charge in [-0.25, -0.2) is 0 Å². The van der Waals surface area contributed by atoms with E-state index in [1.54, 1.807) is 0 Å². The highest BCUT2D eigenvalue weighted by Gasteiger charge is 2.15. The molecular formula is C15H24ClN3O2. The van der Waals surface area contributed by atoms with Crippen LogP contribution in [0.15, 0.2) is 24.3 Å². The highest BCUT2D eigenvalue weighted by Crippen LogP contribution is 2.11. The summed E-state index contributed by atoms with van der Waals surface area (Å²) >= 11 is 0. The fourth-order valence-corrected chi connectivity index (χ4v) is 1.61. The number of amides is 2. The van der Waals surface area contributed by atoms with E-state index >= 15 is 0 Å². The van der Waals surface area contributed by atoms with Crippen LogP contribution >= 0.6 is 12.4 Å². The van der Waals surface area contributed by atoms with E-state index in [4.69, 9.17) is 5.73 Å². The first-order valence-corrected chi connectivity index (χ1v) is 6.79. The van der Waals surface area contributed by atoms with Crippen molar-refractivity contribution in [1.29, 1.82) is 0 Å². The number of nitrogens with two attached hydrogens (primary N) is 1. The lowest BCUT2D eigenvalue weighted by Crippen LogP contribution is -2.40. The quantitative estimate of drug-likeness (QED) is 0.692. The van der Waals surface area contributed by atoms with Gasteiger partial charge in [-0.15, -0.1) is 12.4 Å². The van der Waals surface area contributed by atoms with Gasteiger partial charge in [-0.2, -0.15) is 0 Å². The molecule has 0 radical (unpaired) electrons. The molecule has 0 fully saturated rings. The highest BCUT2D eigenvalue weighted by molar-refractivity contribution is 5.85. The number of rotatable bonds is 6. The third kappa shape index (κ3) is 6.60. The number of carbonyl (C=O) groups excluding carboxylic acids is 2. The summed E-state index contributed by atoms with van der Waals surface area (Å²) in [5.41, 5.74) is 7.78. The Morgan fingerprint density at radius 3 is 2.00 bits per heavy atom. The second-order valence-corrected chi connectivity index (χ2v) is 5.13. The molecule has 0 bridgehead atoms. The van der Waals surface area contributed by atoms with E-state index in [2.05, 4.69) is 10.6 Å². The SMILES string of the molecule is Cc1ccc(C(N)C(=O)NCCNC(=O)C(C)C)cc1.Cl. The molecule has 0 aliphatic rings. The Morgan fingerprint density at radius 2 is 1.52 bits per heavy atom. The molecule has 0 aliphatic heterocycles. The molecule has 6 heteroatoms. The first kappa shape index (κ1) is 19.4. The molecule has 0 aromatic heterocycles. The average molecular weight is 314 g/mol. The summed E-state index contributed by atoms with van der Waals surface area (Å²) in [7, 11) is 0. The third-order valence-electron chi connectivity index (χ3n) is 2.97. The summed E-state index contributed by atoms with van der Waals surface area (Å²) in [6.45, 7) is 6.40. The van der Waals surface area contributed by atoms with Crippen LogP contribution in [0.1, 0.15) is 31.0 Å². The van der Waals surface area contributed by atoms with E-state index in [1.165, 1.54) is 0 Å². The molecule has 1 rings (SSSR count). The van der Waals surface area contributed by atoms with Gasteiger partial charge >= 0.3 is 0 Å². The summed E-state index contributed by atoms with van der Waals surface area (Å²) in [4.78, 5) is 23.2. The van der Waals surface area contributed by atoms with Gasteiger partial charge in [-0.05, 0) is 12.5 Å². The van der Waals surface area contributed by atoms with Crippen LogP contribution in [0.2, 0.25) is 0 Å². The normalized spacial score (nSPS) is 11.5. The van der Waals surface area contributed by atoms with E-state index in [0.29, 0.717) is 13.1 Å². The van der Waals surface area contributed by atoms with Gasteiger partial charge in [0.05, 0.1) is 0 Å². The number of carbonyl (C=O) groups is 2. The molecule has 118 valence electrons. The zero-order chi connectivity index (χ0) is 15.1. The number of aryl methyl sites for hydroxylation is 1. The van der Waals surface area contributed by atoms with Crippen molar-refractivity contribution in [3.63, 3.8) is 0 Å². The largest absolute Gasteiger partial charge is 0.354 e. The van der Waals surface area contributed by atoms with Gasteiger partial charge < -0.3 is 16.4 Å².